The van der Waals surface area contributed by atoms with E-state index in [0.29, 0.717) is 11.2 Å². The first-order valence-corrected chi connectivity index (χ1v) is 10.7. The fraction of sp³-hybridized carbons (Fsp3) is 0.571. The van der Waals surface area contributed by atoms with E-state index < -0.39 is 36.5 Å². The van der Waals surface area contributed by atoms with Gasteiger partial charge >= 0.3 is 11.9 Å². The molecule has 0 unspecified atom stereocenters. The van der Waals surface area contributed by atoms with Crippen LogP contribution >= 0.6 is 0 Å². The third-order valence-electron chi connectivity index (χ3n) is 5.26. The van der Waals surface area contributed by atoms with Crippen LogP contribution in [0.25, 0.3) is 11.2 Å². The number of Topliss-reactive ketones (excluding diaryl/α,β-unsaturated/α-hetero) is 2. The zero-order valence-corrected chi connectivity index (χ0v) is 19.1. The Hall–Kier alpha value is -3.45. The van der Waals surface area contributed by atoms with Gasteiger partial charge in [-0.3, -0.25) is 14.2 Å². The fourth-order valence-electron chi connectivity index (χ4n) is 3.55. The second kappa shape index (κ2) is 11.1. The number of imidazole rings is 1. The highest BCUT2D eigenvalue weighted by Crippen LogP contribution is 2.36. The number of hydrogen-bond acceptors (Lipinski definition) is 12. The summed E-state index contributed by atoms with van der Waals surface area (Å²) in [6.07, 6.45) is -0.921. The predicted octanol–water partition coefficient (Wildman–Crippen LogP) is 0.514. The Kier molecular flexibility index (Phi) is 8.23. The topological polar surface area (TPSA) is 175 Å². The van der Waals surface area contributed by atoms with Crippen molar-refractivity contribution < 1.29 is 38.1 Å². The Balaban J connectivity index is 1.83. The number of ether oxygens (including phenoxy) is 4. The molecule has 0 aromatic carbocycles. The molecule has 184 valence electrons. The number of esters is 2. The molecule has 1 aliphatic rings. The molecule has 34 heavy (non-hydrogen) atoms. The number of fused-ring (bicyclic) bond motifs is 1. The highest BCUT2D eigenvalue weighted by molar-refractivity contribution is 5.82. The molecule has 13 nitrogen and oxygen atoms in total. The number of ketones is 2. The molecule has 1 fully saturated rings. The van der Waals surface area contributed by atoms with Crippen LogP contribution in [0.3, 0.4) is 0 Å². The first kappa shape index (κ1) is 25.2. The van der Waals surface area contributed by atoms with Gasteiger partial charge < -0.3 is 34.3 Å². The van der Waals surface area contributed by atoms with Gasteiger partial charge in [-0.25, -0.2) is 15.0 Å². The SMILES string of the molecule is CO[C@H]1[C@@H](OC(=O)CCC(C)=O)[C@H](n2cnc3c(N)ncnc32)O[C@@H]1COC(=O)CCC(C)=O. The molecule has 0 aliphatic carbocycles. The Morgan fingerprint density at radius 2 is 1.68 bits per heavy atom. The number of rotatable bonds is 11. The molecule has 1 aliphatic heterocycles. The van der Waals surface area contributed by atoms with Gasteiger partial charge in [0.25, 0.3) is 0 Å². The number of methoxy groups -OCH3 is 1. The maximum Gasteiger partial charge on any atom is 0.306 e. The molecule has 2 N–H and O–H groups in total. The van der Waals surface area contributed by atoms with Crippen LogP contribution < -0.4 is 5.73 Å². The largest absolute Gasteiger partial charge is 0.463 e. The fourth-order valence-corrected chi connectivity index (χ4v) is 3.55. The molecular formula is C21H27N5O8. The lowest BCUT2D eigenvalue weighted by atomic mass is 10.1. The van der Waals surface area contributed by atoms with E-state index in [0.717, 1.165) is 0 Å². The van der Waals surface area contributed by atoms with Crippen molar-refractivity contribution in [3.63, 3.8) is 0 Å². The summed E-state index contributed by atoms with van der Waals surface area (Å²) < 4.78 is 24.1. The van der Waals surface area contributed by atoms with Crippen molar-refractivity contribution in [2.75, 3.05) is 19.5 Å². The van der Waals surface area contributed by atoms with Crippen LogP contribution in [0.4, 0.5) is 5.82 Å². The monoisotopic (exact) mass is 477 g/mol. The van der Waals surface area contributed by atoms with Crippen LogP contribution in [0.1, 0.15) is 45.8 Å². The van der Waals surface area contributed by atoms with Gasteiger partial charge in [-0.05, 0) is 13.8 Å². The molecule has 3 rings (SSSR count). The Morgan fingerprint density at radius 3 is 2.32 bits per heavy atom. The third kappa shape index (κ3) is 5.91. The minimum absolute atomic E-state index is 0.0314. The van der Waals surface area contributed by atoms with Crippen molar-refractivity contribution in [2.24, 2.45) is 0 Å². The lowest BCUT2D eigenvalue weighted by molar-refractivity contribution is -0.160. The van der Waals surface area contributed by atoms with Gasteiger partial charge in [0.05, 0.1) is 19.2 Å². The Morgan fingerprint density at radius 1 is 1.00 bits per heavy atom. The van der Waals surface area contributed by atoms with Gasteiger partial charge in [0, 0.05) is 20.0 Å². The van der Waals surface area contributed by atoms with E-state index in [2.05, 4.69) is 15.0 Å². The standard InChI is InChI=1S/C21H27N5O8/c1-11(27)4-6-14(29)32-8-13-17(31-3)18(34-15(30)7-5-12(2)28)21(33-13)26-10-25-16-19(22)23-9-24-20(16)26/h9-10,13,17-18,21H,4-8H2,1-3H3,(H2,22,23,24)/t13-,17-,18-,21-/m1/s1. The summed E-state index contributed by atoms with van der Waals surface area (Å²) in [5.74, 6) is -1.30. The van der Waals surface area contributed by atoms with Crippen LogP contribution in [0.5, 0.6) is 0 Å². The highest BCUT2D eigenvalue weighted by atomic mass is 16.6. The number of carbonyl (C=O) groups excluding carboxylic acids is 4. The maximum absolute atomic E-state index is 12.4. The van der Waals surface area contributed by atoms with Crippen molar-refractivity contribution in [1.29, 1.82) is 0 Å². The van der Waals surface area contributed by atoms with Gasteiger partial charge in [0.1, 0.15) is 42.2 Å². The quantitative estimate of drug-likeness (QED) is 0.445. The second-order valence-corrected chi connectivity index (χ2v) is 7.89. The zero-order chi connectivity index (χ0) is 24.8. The summed E-state index contributed by atoms with van der Waals surface area (Å²) in [6.45, 7) is 2.57. The molecule has 0 saturated carbocycles. The maximum atomic E-state index is 12.4. The number of hydrogen-bond donors (Lipinski definition) is 1. The normalized spacial score (nSPS) is 22.0. The average Bonchev–Trinajstić information content (AvgIpc) is 3.36. The molecule has 2 aromatic heterocycles. The summed E-state index contributed by atoms with van der Waals surface area (Å²) >= 11 is 0. The van der Waals surface area contributed by atoms with Gasteiger partial charge in [-0.2, -0.15) is 0 Å². The minimum Gasteiger partial charge on any atom is -0.463 e. The summed E-state index contributed by atoms with van der Waals surface area (Å²) in [4.78, 5) is 59.1. The molecule has 4 atom stereocenters. The molecule has 0 bridgehead atoms. The van der Waals surface area contributed by atoms with Crippen LogP contribution in [0.15, 0.2) is 12.7 Å². The lowest BCUT2D eigenvalue weighted by Gasteiger charge is -2.23. The van der Waals surface area contributed by atoms with Crippen molar-refractivity contribution in [3.05, 3.63) is 12.7 Å². The summed E-state index contributed by atoms with van der Waals surface area (Å²) in [7, 11) is 1.41. The summed E-state index contributed by atoms with van der Waals surface area (Å²) in [5.41, 5.74) is 6.55. The molecule has 1 saturated heterocycles. The van der Waals surface area contributed by atoms with Crippen LogP contribution in [-0.2, 0) is 38.1 Å². The zero-order valence-electron chi connectivity index (χ0n) is 19.1. The Labute approximate surface area is 194 Å². The van der Waals surface area contributed by atoms with Gasteiger partial charge in [-0.15, -0.1) is 0 Å². The number of nitrogens with two attached hydrogens (primary N) is 1. The minimum atomic E-state index is -0.973. The number of nitrogens with zero attached hydrogens (tertiary/aromatic N) is 4. The molecule has 3 heterocycles. The molecule has 13 heteroatoms. The van der Waals surface area contributed by atoms with E-state index in [-0.39, 0.29) is 49.7 Å². The molecule has 0 radical (unpaired) electrons. The lowest BCUT2D eigenvalue weighted by Crippen LogP contribution is -2.39. The van der Waals surface area contributed by atoms with E-state index in [9.17, 15) is 19.2 Å². The Bertz CT molecular complexity index is 1070. The van der Waals surface area contributed by atoms with E-state index in [1.807, 2.05) is 0 Å². The number of anilines is 1. The highest BCUT2D eigenvalue weighted by Gasteiger charge is 2.49. The first-order valence-electron chi connectivity index (χ1n) is 10.7. The van der Waals surface area contributed by atoms with Gasteiger partial charge in [0.15, 0.2) is 23.8 Å². The van der Waals surface area contributed by atoms with E-state index >= 15 is 0 Å². The number of nitrogen functional groups attached to an aromatic ring is 1. The summed E-state index contributed by atoms with van der Waals surface area (Å²) in [5, 5.41) is 0. The average molecular weight is 477 g/mol. The molecule has 0 amide bonds. The first-order chi connectivity index (χ1) is 16.2. The third-order valence-corrected chi connectivity index (χ3v) is 5.26. The van der Waals surface area contributed by atoms with Crippen molar-refractivity contribution in [1.82, 2.24) is 19.5 Å². The van der Waals surface area contributed by atoms with E-state index in [1.54, 1.807) is 0 Å². The van der Waals surface area contributed by atoms with Crippen LogP contribution in [0.2, 0.25) is 0 Å². The number of aromatic nitrogens is 4. The van der Waals surface area contributed by atoms with Crippen LogP contribution in [-0.4, -0.2) is 75.1 Å². The van der Waals surface area contributed by atoms with Crippen molar-refractivity contribution in [3.8, 4) is 0 Å². The van der Waals surface area contributed by atoms with E-state index in [1.165, 1.54) is 38.2 Å². The van der Waals surface area contributed by atoms with Crippen LogP contribution in [0, 0.1) is 0 Å². The van der Waals surface area contributed by atoms with Crippen molar-refractivity contribution >= 4 is 40.5 Å². The molecule has 2 aromatic rings. The number of carbonyl (C=O) groups is 4. The molecule has 0 spiro atoms. The van der Waals surface area contributed by atoms with Crippen molar-refractivity contribution in [2.45, 2.75) is 64.1 Å². The second-order valence-electron chi connectivity index (χ2n) is 7.89. The van der Waals surface area contributed by atoms with Gasteiger partial charge in [0.2, 0.25) is 0 Å². The van der Waals surface area contributed by atoms with E-state index in [4.69, 9.17) is 24.7 Å². The predicted molar refractivity (Wildman–Crippen MR) is 115 cm³/mol. The summed E-state index contributed by atoms with van der Waals surface area (Å²) in [6, 6.07) is 0. The smallest absolute Gasteiger partial charge is 0.306 e. The molecular weight excluding hydrogens is 450 g/mol. The van der Waals surface area contributed by atoms with Gasteiger partial charge in [-0.1, -0.05) is 0 Å².